The highest BCUT2D eigenvalue weighted by Crippen LogP contribution is 2.22. The number of hydrogen-bond donors (Lipinski definition) is 1. The Hall–Kier alpha value is -2.92. The van der Waals surface area contributed by atoms with Crippen molar-refractivity contribution in [2.24, 2.45) is 0 Å². The monoisotopic (exact) mass is 377 g/mol. The number of benzene rings is 2. The number of amides is 1. The molecule has 3 aromatic rings. The molecule has 1 aromatic heterocycles. The number of aryl methyl sites for hydroxylation is 2. The molecule has 5 nitrogen and oxygen atoms in total. The van der Waals surface area contributed by atoms with Crippen LogP contribution in [0.2, 0.25) is 0 Å². The topological polar surface area (TPSA) is 58.4 Å². The predicted molar refractivity (Wildman–Crippen MR) is 111 cm³/mol. The number of carbonyl (C=O) groups is 1. The third kappa shape index (κ3) is 4.49. The third-order valence-electron chi connectivity index (χ3n) is 4.88. The smallest absolute Gasteiger partial charge is 0.273 e. The van der Waals surface area contributed by atoms with Crippen LogP contribution in [-0.2, 0) is 6.42 Å². The van der Waals surface area contributed by atoms with Crippen molar-refractivity contribution in [1.29, 1.82) is 0 Å². The number of rotatable bonds is 7. The first-order valence-corrected chi connectivity index (χ1v) is 9.56. The standard InChI is InChI=1S/C23H27N3O2/c1-5-17-11-13-18(14-12-17)20(26(3)4)15-24-22(27)21-16(2)28-23(25-21)19-9-7-6-8-10-19/h6-14,20H,5,15H2,1-4H3,(H,24,27)/t20-/m1/s1. The van der Waals surface area contributed by atoms with E-state index >= 15 is 0 Å². The van der Waals surface area contributed by atoms with E-state index < -0.39 is 0 Å². The molecule has 0 bridgehead atoms. The molecule has 28 heavy (non-hydrogen) atoms. The first-order chi connectivity index (χ1) is 13.5. The number of likely N-dealkylation sites (N-methyl/N-ethyl adjacent to an activating group) is 1. The van der Waals surface area contributed by atoms with E-state index in [0.29, 0.717) is 23.9 Å². The van der Waals surface area contributed by atoms with Crippen LogP contribution < -0.4 is 5.32 Å². The van der Waals surface area contributed by atoms with E-state index in [9.17, 15) is 4.79 Å². The number of aromatic nitrogens is 1. The van der Waals surface area contributed by atoms with Gasteiger partial charge >= 0.3 is 0 Å². The lowest BCUT2D eigenvalue weighted by molar-refractivity contribution is 0.0936. The van der Waals surface area contributed by atoms with Gasteiger partial charge in [0, 0.05) is 12.1 Å². The van der Waals surface area contributed by atoms with Crippen molar-refractivity contribution in [3.63, 3.8) is 0 Å². The van der Waals surface area contributed by atoms with Gasteiger partial charge in [-0.15, -0.1) is 0 Å². The van der Waals surface area contributed by atoms with Crippen LogP contribution in [0.3, 0.4) is 0 Å². The van der Waals surface area contributed by atoms with Crippen molar-refractivity contribution in [3.8, 4) is 11.5 Å². The maximum absolute atomic E-state index is 12.7. The quantitative estimate of drug-likeness (QED) is 0.669. The number of oxazole rings is 1. The van der Waals surface area contributed by atoms with Crippen LogP contribution in [0.15, 0.2) is 59.0 Å². The van der Waals surface area contributed by atoms with Gasteiger partial charge in [-0.1, -0.05) is 49.4 Å². The lowest BCUT2D eigenvalue weighted by Gasteiger charge is -2.25. The molecule has 0 spiro atoms. The molecule has 1 atom stereocenters. The lowest BCUT2D eigenvalue weighted by atomic mass is 10.0. The fourth-order valence-corrected chi connectivity index (χ4v) is 3.16. The largest absolute Gasteiger partial charge is 0.441 e. The number of nitrogens with one attached hydrogen (secondary N) is 1. The summed E-state index contributed by atoms with van der Waals surface area (Å²) in [7, 11) is 4.03. The van der Waals surface area contributed by atoms with E-state index in [-0.39, 0.29) is 11.9 Å². The van der Waals surface area contributed by atoms with Crippen molar-refractivity contribution in [2.45, 2.75) is 26.3 Å². The number of carbonyl (C=O) groups excluding carboxylic acids is 1. The van der Waals surface area contributed by atoms with Gasteiger partial charge in [-0.2, -0.15) is 0 Å². The Morgan fingerprint density at radius 2 is 1.79 bits per heavy atom. The highest BCUT2D eigenvalue weighted by Gasteiger charge is 2.20. The van der Waals surface area contributed by atoms with Gasteiger partial charge in [-0.25, -0.2) is 4.98 Å². The molecule has 5 heteroatoms. The molecule has 0 radical (unpaired) electrons. The highest BCUT2D eigenvalue weighted by atomic mass is 16.4. The average molecular weight is 377 g/mol. The fourth-order valence-electron chi connectivity index (χ4n) is 3.16. The van der Waals surface area contributed by atoms with Gasteiger partial charge in [0.15, 0.2) is 5.69 Å². The Labute approximate surface area is 166 Å². The summed E-state index contributed by atoms with van der Waals surface area (Å²) in [6.07, 6.45) is 1.01. The zero-order valence-electron chi connectivity index (χ0n) is 16.9. The summed E-state index contributed by atoms with van der Waals surface area (Å²) in [4.78, 5) is 19.2. The van der Waals surface area contributed by atoms with Crippen molar-refractivity contribution >= 4 is 5.91 Å². The first-order valence-electron chi connectivity index (χ1n) is 9.56. The normalized spacial score (nSPS) is 12.2. The molecule has 0 saturated carbocycles. The van der Waals surface area contributed by atoms with E-state index in [1.165, 1.54) is 11.1 Å². The molecule has 0 aliphatic rings. The van der Waals surface area contributed by atoms with Gasteiger partial charge in [0.25, 0.3) is 5.91 Å². The zero-order valence-corrected chi connectivity index (χ0v) is 16.9. The average Bonchev–Trinajstić information content (AvgIpc) is 3.10. The Kier molecular flexibility index (Phi) is 6.26. The Morgan fingerprint density at radius 1 is 1.11 bits per heavy atom. The molecule has 146 valence electrons. The number of nitrogens with zero attached hydrogens (tertiary/aromatic N) is 2. The molecule has 2 aromatic carbocycles. The van der Waals surface area contributed by atoms with Gasteiger partial charge in [0.1, 0.15) is 5.76 Å². The van der Waals surface area contributed by atoms with Crippen molar-refractivity contribution in [2.75, 3.05) is 20.6 Å². The zero-order chi connectivity index (χ0) is 20.1. The molecule has 3 rings (SSSR count). The van der Waals surface area contributed by atoms with E-state index in [0.717, 1.165) is 12.0 Å². The minimum atomic E-state index is -0.222. The minimum Gasteiger partial charge on any atom is -0.441 e. The highest BCUT2D eigenvalue weighted by molar-refractivity contribution is 5.93. The van der Waals surface area contributed by atoms with E-state index in [2.05, 4.69) is 46.4 Å². The van der Waals surface area contributed by atoms with Crippen LogP contribution in [0.25, 0.3) is 11.5 Å². The van der Waals surface area contributed by atoms with Crippen LogP contribution in [0, 0.1) is 6.92 Å². The second-order valence-electron chi connectivity index (χ2n) is 7.07. The summed E-state index contributed by atoms with van der Waals surface area (Å²) in [5.74, 6) is 0.757. The lowest BCUT2D eigenvalue weighted by Crippen LogP contribution is -2.35. The summed E-state index contributed by atoms with van der Waals surface area (Å²) in [5, 5.41) is 3.01. The van der Waals surface area contributed by atoms with Crippen LogP contribution in [0.5, 0.6) is 0 Å². The fraction of sp³-hybridized carbons (Fsp3) is 0.304. The summed E-state index contributed by atoms with van der Waals surface area (Å²) >= 11 is 0. The maximum Gasteiger partial charge on any atom is 0.273 e. The minimum absolute atomic E-state index is 0.0793. The Bertz CT molecular complexity index is 915. The van der Waals surface area contributed by atoms with Crippen LogP contribution in [0.4, 0.5) is 0 Å². The SMILES string of the molecule is CCc1ccc([C@@H](CNC(=O)c2nc(-c3ccccc3)oc2C)N(C)C)cc1. The molecule has 1 N–H and O–H groups in total. The van der Waals surface area contributed by atoms with Crippen molar-refractivity contribution < 1.29 is 9.21 Å². The summed E-state index contributed by atoms with van der Waals surface area (Å²) < 4.78 is 5.70. The Balaban J connectivity index is 1.72. The van der Waals surface area contributed by atoms with Crippen LogP contribution >= 0.6 is 0 Å². The van der Waals surface area contributed by atoms with Gasteiger partial charge in [0.2, 0.25) is 5.89 Å². The summed E-state index contributed by atoms with van der Waals surface area (Å²) in [5.41, 5.74) is 3.66. The third-order valence-corrected chi connectivity index (χ3v) is 4.88. The number of hydrogen-bond acceptors (Lipinski definition) is 4. The van der Waals surface area contributed by atoms with E-state index in [4.69, 9.17) is 4.42 Å². The van der Waals surface area contributed by atoms with E-state index in [1.807, 2.05) is 44.4 Å². The molecule has 0 fully saturated rings. The molecule has 0 unspecified atom stereocenters. The van der Waals surface area contributed by atoms with Crippen molar-refractivity contribution in [1.82, 2.24) is 15.2 Å². The van der Waals surface area contributed by atoms with Crippen LogP contribution in [-0.4, -0.2) is 36.4 Å². The molecular weight excluding hydrogens is 350 g/mol. The first kappa shape index (κ1) is 19.8. The molecule has 0 aliphatic heterocycles. The van der Waals surface area contributed by atoms with Gasteiger partial charge in [0.05, 0.1) is 6.04 Å². The second-order valence-corrected chi connectivity index (χ2v) is 7.07. The molecule has 1 heterocycles. The molecule has 0 saturated heterocycles. The second kappa shape index (κ2) is 8.85. The van der Waals surface area contributed by atoms with Crippen LogP contribution in [0.1, 0.15) is 40.3 Å². The van der Waals surface area contributed by atoms with E-state index in [1.54, 1.807) is 6.92 Å². The Morgan fingerprint density at radius 3 is 2.39 bits per heavy atom. The van der Waals surface area contributed by atoms with Gasteiger partial charge < -0.3 is 14.6 Å². The molecule has 0 aliphatic carbocycles. The summed E-state index contributed by atoms with van der Waals surface area (Å²) in [6, 6.07) is 18.2. The molecule has 1 amide bonds. The van der Waals surface area contributed by atoms with Gasteiger partial charge in [-0.3, -0.25) is 4.79 Å². The van der Waals surface area contributed by atoms with Crippen molar-refractivity contribution in [3.05, 3.63) is 77.2 Å². The predicted octanol–water partition coefficient (Wildman–Crippen LogP) is 4.25. The van der Waals surface area contributed by atoms with Gasteiger partial charge in [-0.05, 0) is 50.7 Å². The maximum atomic E-state index is 12.7. The summed E-state index contributed by atoms with van der Waals surface area (Å²) in [6.45, 7) is 4.40. The molecular formula is C23H27N3O2.